The molecule has 3 rings (SSSR count). The van der Waals surface area contributed by atoms with Crippen molar-refractivity contribution in [2.24, 2.45) is 0 Å². The fraction of sp³-hybridized carbons (Fsp3) is 0.143. The van der Waals surface area contributed by atoms with Crippen molar-refractivity contribution in [1.29, 1.82) is 0 Å². The largest absolute Gasteiger partial charge is 0.573 e. The Bertz CT molecular complexity index is 817. The van der Waals surface area contributed by atoms with Crippen molar-refractivity contribution < 1.29 is 17.9 Å². The van der Waals surface area contributed by atoms with Gasteiger partial charge in [0.1, 0.15) is 5.75 Å². The summed E-state index contributed by atoms with van der Waals surface area (Å²) >= 11 is 0. The molecule has 0 radical (unpaired) electrons. The molecule has 0 spiro atoms. The van der Waals surface area contributed by atoms with Crippen LogP contribution in [0.25, 0.3) is 22.3 Å². The van der Waals surface area contributed by atoms with Gasteiger partial charge in [-0.1, -0.05) is 67.6 Å². The van der Waals surface area contributed by atoms with Crippen LogP contribution in [0.15, 0.2) is 72.8 Å². The van der Waals surface area contributed by atoms with Crippen LogP contribution in [0.3, 0.4) is 0 Å². The molecule has 0 aromatic heterocycles. The lowest BCUT2D eigenvalue weighted by molar-refractivity contribution is -0.274. The van der Waals surface area contributed by atoms with Gasteiger partial charge in [0, 0.05) is 0 Å². The van der Waals surface area contributed by atoms with Crippen molar-refractivity contribution in [2.45, 2.75) is 19.7 Å². The van der Waals surface area contributed by atoms with Gasteiger partial charge in [0.25, 0.3) is 0 Å². The zero-order valence-corrected chi connectivity index (χ0v) is 13.7. The Balaban J connectivity index is 1.77. The zero-order chi connectivity index (χ0) is 17.9. The number of ether oxygens (including phenoxy) is 1. The third kappa shape index (κ3) is 4.41. The Labute approximate surface area is 144 Å². The number of hydrogen-bond acceptors (Lipinski definition) is 1. The number of rotatable bonds is 4. The maximum Gasteiger partial charge on any atom is 0.573 e. The molecule has 0 saturated carbocycles. The number of halogens is 3. The highest BCUT2D eigenvalue weighted by molar-refractivity contribution is 5.70. The molecule has 0 aliphatic rings. The maximum atomic E-state index is 12.2. The third-order valence-corrected chi connectivity index (χ3v) is 4.00. The molecule has 128 valence electrons. The zero-order valence-electron chi connectivity index (χ0n) is 13.7. The molecular weight excluding hydrogens is 325 g/mol. The van der Waals surface area contributed by atoms with Crippen LogP contribution in [0.5, 0.6) is 5.75 Å². The van der Waals surface area contributed by atoms with Gasteiger partial charge in [-0.2, -0.15) is 0 Å². The van der Waals surface area contributed by atoms with Crippen molar-refractivity contribution in [3.63, 3.8) is 0 Å². The van der Waals surface area contributed by atoms with Crippen LogP contribution in [0.1, 0.15) is 12.5 Å². The Hall–Kier alpha value is -2.75. The highest BCUT2D eigenvalue weighted by Crippen LogP contribution is 2.28. The minimum absolute atomic E-state index is 0.219. The van der Waals surface area contributed by atoms with Gasteiger partial charge in [-0.05, 0) is 46.4 Å². The summed E-state index contributed by atoms with van der Waals surface area (Å²) in [5.41, 5.74) is 5.30. The highest BCUT2D eigenvalue weighted by atomic mass is 19.4. The van der Waals surface area contributed by atoms with Gasteiger partial charge >= 0.3 is 6.36 Å². The van der Waals surface area contributed by atoms with Gasteiger partial charge in [-0.25, -0.2) is 0 Å². The summed E-state index contributed by atoms with van der Waals surface area (Å²) in [6.45, 7) is 2.12. The summed E-state index contributed by atoms with van der Waals surface area (Å²) in [4.78, 5) is 0. The van der Waals surface area contributed by atoms with Gasteiger partial charge in [0.05, 0.1) is 0 Å². The first-order valence-electron chi connectivity index (χ1n) is 8.00. The third-order valence-electron chi connectivity index (χ3n) is 4.00. The predicted octanol–water partition coefficient (Wildman–Crippen LogP) is 6.48. The fourth-order valence-corrected chi connectivity index (χ4v) is 2.64. The number of benzene rings is 3. The smallest absolute Gasteiger partial charge is 0.406 e. The van der Waals surface area contributed by atoms with Gasteiger partial charge < -0.3 is 4.74 Å². The van der Waals surface area contributed by atoms with Crippen LogP contribution in [0.4, 0.5) is 13.2 Å². The molecule has 0 unspecified atom stereocenters. The summed E-state index contributed by atoms with van der Waals surface area (Å²) in [5.74, 6) is -0.219. The van der Waals surface area contributed by atoms with Gasteiger partial charge in [-0.3, -0.25) is 0 Å². The molecule has 25 heavy (non-hydrogen) atoms. The predicted molar refractivity (Wildman–Crippen MR) is 93.4 cm³/mol. The SMILES string of the molecule is CCc1ccc(-c2ccc(-c3ccc(OC(F)(F)F)cc3)cc2)cc1. The minimum atomic E-state index is -4.67. The lowest BCUT2D eigenvalue weighted by atomic mass is 9.99. The van der Waals surface area contributed by atoms with Crippen LogP contribution in [0, 0.1) is 0 Å². The highest BCUT2D eigenvalue weighted by Gasteiger charge is 2.30. The first-order chi connectivity index (χ1) is 11.9. The second kappa shape index (κ2) is 7.01. The van der Waals surface area contributed by atoms with E-state index in [4.69, 9.17) is 0 Å². The van der Waals surface area contributed by atoms with Gasteiger partial charge in [0.2, 0.25) is 0 Å². The number of alkyl halides is 3. The van der Waals surface area contributed by atoms with E-state index in [1.807, 2.05) is 24.3 Å². The van der Waals surface area contributed by atoms with E-state index in [-0.39, 0.29) is 5.75 Å². The van der Waals surface area contributed by atoms with E-state index in [0.29, 0.717) is 0 Å². The van der Waals surface area contributed by atoms with Crippen molar-refractivity contribution in [3.05, 3.63) is 78.4 Å². The molecule has 0 atom stereocenters. The lowest BCUT2D eigenvalue weighted by Gasteiger charge is -2.10. The van der Waals surface area contributed by atoms with E-state index < -0.39 is 6.36 Å². The molecule has 1 nitrogen and oxygen atoms in total. The average molecular weight is 342 g/mol. The number of hydrogen-bond donors (Lipinski definition) is 0. The maximum absolute atomic E-state index is 12.2. The summed E-state index contributed by atoms with van der Waals surface area (Å²) in [6, 6.07) is 22.2. The monoisotopic (exact) mass is 342 g/mol. The van der Waals surface area contributed by atoms with Crippen molar-refractivity contribution in [2.75, 3.05) is 0 Å². The number of aryl methyl sites for hydroxylation is 1. The fourth-order valence-electron chi connectivity index (χ4n) is 2.64. The van der Waals surface area contributed by atoms with Crippen LogP contribution < -0.4 is 4.74 Å². The van der Waals surface area contributed by atoms with E-state index in [2.05, 4.69) is 35.9 Å². The van der Waals surface area contributed by atoms with E-state index in [0.717, 1.165) is 28.7 Å². The standard InChI is InChI=1S/C21H17F3O/c1-2-15-3-5-16(6-4-15)17-7-9-18(10-8-17)19-11-13-20(14-12-19)25-21(22,23)24/h3-14H,2H2,1H3. The second-order valence-corrected chi connectivity index (χ2v) is 5.70. The molecule has 0 fully saturated rings. The quantitative estimate of drug-likeness (QED) is 0.527. The molecule has 3 aromatic carbocycles. The Morgan fingerprint density at radius 3 is 1.36 bits per heavy atom. The minimum Gasteiger partial charge on any atom is -0.406 e. The lowest BCUT2D eigenvalue weighted by Crippen LogP contribution is -2.16. The van der Waals surface area contributed by atoms with Crippen LogP contribution >= 0.6 is 0 Å². The summed E-state index contributed by atoms with van der Waals surface area (Å²) in [5, 5.41) is 0. The normalized spacial score (nSPS) is 11.4. The first kappa shape index (κ1) is 17.1. The van der Waals surface area contributed by atoms with Crippen LogP contribution in [0.2, 0.25) is 0 Å². The van der Waals surface area contributed by atoms with Crippen LogP contribution in [-0.4, -0.2) is 6.36 Å². The van der Waals surface area contributed by atoms with E-state index in [1.54, 1.807) is 12.1 Å². The summed E-state index contributed by atoms with van der Waals surface area (Å²) in [6.07, 6.45) is -3.66. The van der Waals surface area contributed by atoms with E-state index in [9.17, 15) is 13.2 Å². The Morgan fingerprint density at radius 2 is 1.00 bits per heavy atom. The molecule has 0 aliphatic carbocycles. The molecule has 0 heterocycles. The first-order valence-corrected chi connectivity index (χ1v) is 8.00. The Morgan fingerprint density at radius 1 is 0.640 bits per heavy atom. The molecule has 0 saturated heterocycles. The summed E-state index contributed by atoms with van der Waals surface area (Å²) in [7, 11) is 0. The molecule has 0 amide bonds. The van der Waals surface area contributed by atoms with E-state index >= 15 is 0 Å². The van der Waals surface area contributed by atoms with E-state index in [1.165, 1.54) is 17.7 Å². The summed E-state index contributed by atoms with van der Waals surface area (Å²) < 4.78 is 40.5. The van der Waals surface area contributed by atoms with Crippen molar-refractivity contribution in [3.8, 4) is 28.0 Å². The average Bonchev–Trinajstić information content (AvgIpc) is 2.61. The second-order valence-electron chi connectivity index (χ2n) is 5.70. The van der Waals surface area contributed by atoms with Crippen LogP contribution in [-0.2, 0) is 6.42 Å². The molecule has 0 bridgehead atoms. The molecule has 3 aromatic rings. The molecule has 0 aliphatic heterocycles. The van der Waals surface area contributed by atoms with Crippen molar-refractivity contribution in [1.82, 2.24) is 0 Å². The molecule has 4 heteroatoms. The topological polar surface area (TPSA) is 9.23 Å². The van der Waals surface area contributed by atoms with Crippen molar-refractivity contribution >= 4 is 0 Å². The van der Waals surface area contributed by atoms with Gasteiger partial charge in [0.15, 0.2) is 0 Å². The van der Waals surface area contributed by atoms with Gasteiger partial charge in [-0.15, -0.1) is 13.2 Å². The molecular formula is C21H17F3O. The Kier molecular flexibility index (Phi) is 4.79. The molecule has 0 N–H and O–H groups in total.